The summed E-state index contributed by atoms with van der Waals surface area (Å²) in [7, 11) is 0. The Morgan fingerprint density at radius 3 is 2.33 bits per heavy atom. The molecule has 0 saturated carbocycles. The summed E-state index contributed by atoms with van der Waals surface area (Å²) in [4.78, 5) is 29.7. The molecule has 1 heterocycles. The third-order valence-corrected chi connectivity index (χ3v) is 5.16. The van der Waals surface area contributed by atoms with Crippen LogP contribution in [0, 0.1) is 0 Å². The predicted octanol–water partition coefficient (Wildman–Crippen LogP) is 4.70. The molecule has 0 atom stereocenters. The molecule has 0 aliphatic rings. The van der Waals surface area contributed by atoms with Gasteiger partial charge in [-0.15, -0.1) is 11.3 Å². The van der Waals surface area contributed by atoms with Crippen LogP contribution in [0.15, 0.2) is 60.8 Å². The molecule has 3 rings (SSSR count). The molecule has 138 valence electrons. The van der Waals surface area contributed by atoms with Crippen LogP contribution in [-0.2, 0) is 11.2 Å². The van der Waals surface area contributed by atoms with E-state index in [0.29, 0.717) is 22.3 Å². The van der Waals surface area contributed by atoms with Crippen molar-refractivity contribution in [3.05, 3.63) is 76.8 Å². The largest absolute Gasteiger partial charge is 0.322 e. The molecule has 2 aromatic carbocycles. The van der Waals surface area contributed by atoms with Gasteiger partial charge in [0.25, 0.3) is 5.91 Å². The number of hydrogen-bond acceptors (Lipinski definition) is 4. The van der Waals surface area contributed by atoms with Crippen LogP contribution in [0.4, 0.5) is 10.8 Å². The van der Waals surface area contributed by atoms with E-state index < -0.39 is 0 Å². The van der Waals surface area contributed by atoms with Gasteiger partial charge in [-0.25, -0.2) is 4.98 Å². The molecule has 0 spiro atoms. The summed E-state index contributed by atoms with van der Waals surface area (Å²) in [5, 5.41) is 6.30. The molecule has 0 radical (unpaired) electrons. The molecule has 5 nitrogen and oxygen atoms in total. The van der Waals surface area contributed by atoms with Gasteiger partial charge in [0.15, 0.2) is 5.13 Å². The van der Waals surface area contributed by atoms with Gasteiger partial charge in [0.2, 0.25) is 5.91 Å². The van der Waals surface area contributed by atoms with Gasteiger partial charge in [-0.05, 0) is 35.7 Å². The number of nitrogens with zero attached hydrogens (tertiary/aromatic N) is 1. The second-order valence-electron chi connectivity index (χ2n) is 6.46. The van der Waals surface area contributed by atoms with E-state index in [1.807, 2.05) is 30.3 Å². The van der Waals surface area contributed by atoms with Crippen LogP contribution in [0.2, 0.25) is 0 Å². The van der Waals surface area contributed by atoms with Gasteiger partial charge in [0.1, 0.15) is 0 Å². The Morgan fingerprint density at radius 1 is 1.00 bits per heavy atom. The highest BCUT2D eigenvalue weighted by Gasteiger charge is 2.10. The van der Waals surface area contributed by atoms with E-state index in [-0.39, 0.29) is 18.2 Å². The van der Waals surface area contributed by atoms with Gasteiger partial charge >= 0.3 is 0 Å². The quantitative estimate of drug-likeness (QED) is 0.652. The molecule has 0 saturated heterocycles. The molecule has 27 heavy (non-hydrogen) atoms. The predicted molar refractivity (Wildman–Crippen MR) is 109 cm³/mol. The zero-order valence-electron chi connectivity index (χ0n) is 15.2. The molecule has 0 aliphatic heterocycles. The summed E-state index contributed by atoms with van der Waals surface area (Å²) in [6, 6.07) is 16.3. The van der Waals surface area contributed by atoms with E-state index >= 15 is 0 Å². The highest BCUT2D eigenvalue weighted by molar-refractivity contribution is 7.15. The lowest BCUT2D eigenvalue weighted by Crippen LogP contribution is -2.14. The fourth-order valence-corrected chi connectivity index (χ4v) is 3.29. The van der Waals surface area contributed by atoms with Crippen molar-refractivity contribution >= 4 is 34.0 Å². The highest BCUT2D eigenvalue weighted by Crippen LogP contribution is 2.25. The number of thiazole rings is 1. The summed E-state index contributed by atoms with van der Waals surface area (Å²) in [6.45, 7) is 4.19. The van der Waals surface area contributed by atoms with Crippen LogP contribution in [0.1, 0.15) is 40.6 Å². The van der Waals surface area contributed by atoms with Crippen molar-refractivity contribution in [3.8, 4) is 0 Å². The van der Waals surface area contributed by atoms with Crippen molar-refractivity contribution in [2.24, 2.45) is 0 Å². The van der Waals surface area contributed by atoms with Gasteiger partial charge in [0, 0.05) is 22.3 Å². The Morgan fingerprint density at radius 2 is 1.70 bits per heavy atom. The Labute approximate surface area is 162 Å². The summed E-state index contributed by atoms with van der Waals surface area (Å²) in [6.07, 6.45) is 2.05. The third-order valence-electron chi connectivity index (χ3n) is 3.95. The van der Waals surface area contributed by atoms with Crippen LogP contribution in [0.25, 0.3) is 0 Å². The normalized spacial score (nSPS) is 10.6. The minimum absolute atomic E-state index is 0.110. The van der Waals surface area contributed by atoms with Gasteiger partial charge in [0.05, 0.1) is 6.42 Å². The number of carbonyl (C=O) groups excluding carboxylic acids is 2. The average Bonchev–Trinajstić information content (AvgIpc) is 3.12. The van der Waals surface area contributed by atoms with E-state index in [4.69, 9.17) is 0 Å². The third kappa shape index (κ3) is 5.24. The number of anilines is 2. The van der Waals surface area contributed by atoms with E-state index in [1.165, 1.54) is 11.3 Å². The monoisotopic (exact) mass is 379 g/mol. The number of amides is 2. The zero-order chi connectivity index (χ0) is 19.2. The van der Waals surface area contributed by atoms with Crippen LogP contribution in [0.3, 0.4) is 0 Å². The Balaban J connectivity index is 1.55. The van der Waals surface area contributed by atoms with E-state index in [9.17, 15) is 9.59 Å². The molecule has 6 heteroatoms. The fraction of sp³-hybridized carbons (Fsp3) is 0.190. The number of aromatic nitrogens is 1. The zero-order valence-corrected chi connectivity index (χ0v) is 16.0. The van der Waals surface area contributed by atoms with Gasteiger partial charge in [-0.3, -0.25) is 9.59 Å². The van der Waals surface area contributed by atoms with Crippen LogP contribution >= 0.6 is 11.3 Å². The topological polar surface area (TPSA) is 71.1 Å². The maximum atomic E-state index is 12.2. The number of carbonyl (C=O) groups is 2. The maximum Gasteiger partial charge on any atom is 0.255 e. The fourth-order valence-electron chi connectivity index (χ4n) is 2.46. The Kier molecular flexibility index (Phi) is 5.98. The SMILES string of the molecule is CC(C)c1cnc(NC(=O)Cc2ccc(NC(=O)c3ccccc3)cc2)s1. The summed E-state index contributed by atoms with van der Waals surface area (Å²) in [5.41, 5.74) is 2.16. The molecule has 3 aromatic rings. The molecule has 0 unspecified atom stereocenters. The molecule has 1 aromatic heterocycles. The highest BCUT2D eigenvalue weighted by atomic mass is 32.1. The summed E-state index contributed by atoms with van der Waals surface area (Å²) in [5.74, 6) is 0.123. The molecule has 0 fully saturated rings. The molecule has 2 amide bonds. The maximum absolute atomic E-state index is 12.2. The number of nitrogens with one attached hydrogen (secondary N) is 2. The van der Waals surface area contributed by atoms with Crippen molar-refractivity contribution < 1.29 is 9.59 Å². The lowest BCUT2D eigenvalue weighted by atomic mass is 10.1. The number of benzene rings is 2. The van der Waals surface area contributed by atoms with E-state index in [1.54, 1.807) is 30.5 Å². The molecular weight excluding hydrogens is 358 g/mol. The average molecular weight is 379 g/mol. The van der Waals surface area contributed by atoms with Crippen molar-refractivity contribution in [1.82, 2.24) is 4.98 Å². The smallest absolute Gasteiger partial charge is 0.255 e. The van der Waals surface area contributed by atoms with Crippen LogP contribution < -0.4 is 10.6 Å². The Bertz CT molecular complexity index is 918. The number of rotatable bonds is 6. The molecule has 0 aliphatic carbocycles. The first-order chi connectivity index (χ1) is 13.0. The van der Waals surface area contributed by atoms with E-state index in [0.717, 1.165) is 10.4 Å². The van der Waals surface area contributed by atoms with Crippen molar-refractivity contribution in [3.63, 3.8) is 0 Å². The molecule has 2 N–H and O–H groups in total. The first kappa shape index (κ1) is 18.8. The van der Waals surface area contributed by atoms with Gasteiger partial charge in [-0.2, -0.15) is 0 Å². The molecule has 0 bridgehead atoms. The van der Waals surface area contributed by atoms with E-state index in [2.05, 4.69) is 29.5 Å². The first-order valence-corrected chi connectivity index (χ1v) is 9.54. The minimum Gasteiger partial charge on any atom is -0.322 e. The van der Waals surface area contributed by atoms with Gasteiger partial charge in [-0.1, -0.05) is 44.2 Å². The minimum atomic E-state index is -0.161. The first-order valence-electron chi connectivity index (χ1n) is 8.72. The lowest BCUT2D eigenvalue weighted by Gasteiger charge is -2.07. The second kappa shape index (κ2) is 8.60. The lowest BCUT2D eigenvalue weighted by molar-refractivity contribution is -0.115. The molecular formula is C21H21N3O2S. The Hall–Kier alpha value is -2.99. The van der Waals surface area contributed by atoms with Gasteiger partial charge < -0.3 is 10.6 Å². The van der Waals surface area contributed by atoms with Crippen LogP contribution in [0.5, 0.6) is 0 Å². The standard InChI is InChI=1S/C21H21N3O2S/c1-14(2)18-13-22-21(27-18)24-19(25)12-15-8-10-17(11-9-15)23-20(26)16-6-4-3-5-7-16/h3-11,13-14H,12H2,1-2H3,(H,23,26)(H,22,24,25). The summed E-state index contributed by atoms with van der Waals surface area (Å²) >= 11 is 1.50. The van der Waals surface area contributed by atoms with Crippen LogP contribution in [-0.4, -0.2) is 16.8 Å². The van der Waals surface area contributed by atoms with Crippen molar-refractivity contribution in [2.75, 3.05) is 10.6 Å². The number of hydrogen-bond donors (Lipinski definition) is 2. The van der Waals surface area contributed by atoms with Crippen molar-refractivity contribution in [1.29, 1.82) is 0 Å². The van der Waals surface area contributed by atoms with Crippen molar-refractivity contribution in [2.45, 2.75) is 26.2 Å². The summed E-state index contributed by atoms with van der Waals surface area (Å²) < 4.78 is 0. The second-order valence-corrected chi connectivity index (χ2v) is 7.53.